The highest BCUT2D eigenvalue weighted by molar-refractivity contribution is 7.80. The Balaban J connectivity index is 1.76. The molecule has 0 atom stereocenters. The summed E-state index contributed by atoms with van der Waals surface area (Å²) in [5.74, 6) is 0.899. The average molecular weight is 299 g/mol. The zero-order valence-electron chi connectivity index (χ0n) is 12.6. The number of thiocarbonyl (C=S) groups is 1. The van der Waals surface area contributed by atoms with Crippen molar-refractivity contribution in [2.45, 2.75) is 26.2 Å². The van der Waals surface area contributed by atoms with Crippen LogP contribution in [0.25, 0.3) is 0 Å². The van der Waals surface area contributed by atoms with Crippen molar-refractivity contribution >= 4 is 22.9 Å². The topological polar surface area (TPSA) is 21.3 Å². The van der Waals surface area contributed by atoms with Crippen molar-refractivity contribution in [1.82, 2.24) is 0 Å². The van der Waals surface area contributed by atoms with Gasteiger partial charge in [-0.2, -0.15) is 0 Å². The Hall–Kier alpha value is -1.87. The Morgan fingerprint density at radius 2 is 1.90 bits per heavy atom. The highest BCUT2D eigenvalue weighted by Gasteiger charge is 2.00. The predicted molar refractivity (Wildman–Crippen MR) is 93.3 cm³/mol. The molecule has 0 spiro atoms. The van der Waals surface area contributed by atoms with E-state index in [1.807, 2.05) is 24.3 Å². The third-order valence-corrected chi connectivity index (χ3v) is 3.64. The van der Waals surface area contributed by atoms with Crippen molar-refractivity contribution in [3.8, 4) is 5.75 Å². The van der Waals surface area contributed by atoms with Crippen LogP contribution in [0, 0.1) is 6.92 Å². The number of aryl methyl sites for hydroxylation is 2. The van der Waals surface area contributed by atoms with E-state index in [4.69, 9.17) is 17.0 Å². The lowest BCUT2D eigenvalue weighted by Crippen LogP contribution is -2.09. The minimum atomic E-state index is 0.897. The Kier molecular flexibility index (Phi) is 5.76. The van der Waals surface area contributed by atoms with Gasteiger partial charge < -0.3 is 10.1 Å². The van der Waals surface area contributed by atoms with Crippen molar-refractivity contribution in [2.24, 2.45) is 0 Å². The third-order valence-electron chi connectivity index (χ3n) is 3.33. The number of nitrogens with one attached hydrogen (secondary N) is 1. The molecule has 1 N–H and O–H groups in total. The van der Waals surface area contributed by atoms with Crippen LogP contribution in [0.3, 0.4) is 0 Å². The molecule has 0 radical (unpaired) electrons. The van der Waals surface area contributed by atoms with Gasteiger partial charge in [-0.15, -0.1) is 0 Å². The second-order valence-corrected chi connectivity index (χ2v) is 5.61. The van der Waals surface area contributed by atoms with Gasteiger partial charge in [-0.3, -0.25) is 0 Å². The van der Waals surface area contributed by atoms with Crippen molar-refractivity contribution in [3.05, 3.63) is 59.7 Å². The number of benzene rings is 2. The fourth-order valence-corrected chi connectivity index (χ4v) is 2.45. The number of hydrogen-bond acceptors (Lipinski definition) is 2. The maximum absolute atomic E-state index is 5.40. The van der Waals surface area contributed by atoms with Crippen LogP contribution in [0.1, 0.15) is 24.0 Å². The van der Waals surface area contributed by atoms with E-state index in [1.54, 1.807) is 7.11 Å². The maximum atomic E-state index is 5.40. The van der Waals surface area contributed by atoms with Gasteiger partial charge in [0.1, 0.15) is 5.75 Å². The normalized spacial score (nSPS) is 10.2. The summed E-state index contributed by atoms with van der Waals surface area (Å²) in [7, 11) is 1.68. The van der Waals surface area contributed by atoms with Gasteiger partial charge in [-0.05, 0) is 61.6 Å². The summed E-state index contributed by atoms with van der Waals surface area (Å²) in [6.45, 7) is 2.08. The van der Waals surface area contributed by atoms with Gasteiger partial charge in [0, 0.05) is 5.69 Å². The lowest BCUT2D eigenvalue weighted by atomic mass is 10.1. The summed E-state index contributed by atoms with van der Waals surface area (Å²) in [6.07, 6.45) is 2.97. The highest BCUT2D eigenvalue weighted by Crippen LogP contribution is 2.14. The van der Waals surface area contributed by atoms with Crippen molar-refractivity contribution in [2.75, 3.05) is 12.4 Å². The maximum Gasteiger partial charge on any atom is 0.118 e. The number of hydrogen-bond donors (Lipinski definition) is 1. The number of rotatable bonds is 6. The molecule has 2 aromatic rings. The summed E-state index contributed by atoms with van der Waals surface area (Å²) >= 11 is 5.40. The Morgan fingerprint density at radius 3 is 2.57 bits per heavy atom. The van der Waals surface area contributed by atoms with E-state index in [9.17, 15) is 0 Å². The van der Waals surface area contributed by atoms with E-state index in [0.717, 1.165) is 35.7 Å². The van der Waals surface area contributed by atoms with E-state index in [0.29, 0.717) is 0 Å². The average Bonchev–Trinajstić information content (AvgIpc) is 2.48. The van der Waals surface area contributed by atoms with Crippen molar-refractivity contribution in [3.63, 3.8) is 0 Å². The summed E-state index contributed by atoms with van der Waals surface area (Å²) < 4.78 is 5.16. The molecule has 0 saturated heterocycles. The van der Waals surface area contributed by atoms with Crippen molar-refractivity contribution < 1.29 is 4.74 Å². The van der Waals surface area contributed by atoms with Crippen LogP contribution >= 0.6 is 12.2 Å². The van der Waals surface area contributed by atoms with Crippen LogP contribution in [-0.2, 0) is 6.42 Å². The molecule has 0 fully saturated rings. The molecule has 110 valence electrons. The minimum absolute atomic E-state index is 0.897. The smallest absolute Gasteiger partial charge is 0.118 e. The summed E-state index contributed by atoms with van der Waals surface area (Å²) in [5, 5.41) is 3.30. The number of anilines is 1. The van der Waals surface area contributed by atoms with E-state index in [1.165, 1.54) is 11.1 Å². The largest absolute Gasteiger partial charge is 0.497 e. The quantitative estimate of drug-likeness (QED) is 0.777. The molecule has 21 heavy (non-hydrogen) atoms. The van der Waals surface area contributed by atoms with Crippen LogP contribution in [0.5, 0.6) is 5.75 Å². The third kappa shape index (κ3) is 5.20. The fourth-order valence-electron chi connectivity index (χ4n) is 2.19. The Bertz CT molecular complexity index is 592. The van der Waals surface area contributed by atoms with Gasteiger partial charge in [0.2, 0.25) is 0 Å². The first-order chi connectivity index (χ1) is 10.2. The van der Waals surface area contributed by atoms with Crippen LogP contribution in [0.4, 0.5) is 5.69 Å². The van der Waals surface area contributed by atoms with Crippen LogP contribution < -0.4 is 10.1 Å². The van der Waals surface area contributed by atoms with Crippen LogP contribution in [0.15, 0.2) is 48.5 Å². The zero-order chi connectivity index (χ0) is 15.1. The second kappa shape index (κ2) is 7.79. The van der Waals surface area contributed by atoms with E-state index < -0.39 is 0 Å². The first-order valence-corrected chi connectivity index (χ1v) is 7.57. The fraction of sp³-hybridized carbons (Fsp3) is 0.278. The first-order valence-electron chi connectivity index (χ1n) is 7.17. The molecule has 3 heteroatoms. The van der Waals surface area contributed by atoms with Gasteiger partial charge in [-0.1, -0.05) is 36.5 Å². The molecule has 0 aliphatic carbocycles. The lowest BCUT2D eigenvalue weighted by molar-refractivity contribution is 0.414. The SMILES string of the molecule is COc1ccc(CCCC(=S)Nc2cccc(C)c2)cc1. The van der Waals surface area contributed by atoms with Crippen LogP contribution in [0.2, 0.25) is 0 Å². The molecular weight excluding hydrogens is 278 g/mol. The van der Waals surface area contributed by atoms with Gasteiger partial charge in [0.05, 0.1) is 12.1 Å². The zero-order valence-corrected chi connectivity index (χ0v) is 13.4. The summed E-state index contributed by atoms with van der Waals surface area (Å²) in [5.41, 5.74) is 3.62. The molecule has 2 rings (SSSR count). The minimum Gasteiger partial charge on any atom is -0.497 e. The molecule has 0 aromatic heterocycles. The molecule has 2 aromatic carbocycles. The monoisotopic (exact) mass is 299 g/mol. The molecule has 0 amide bonds. The van der Waals surface area contributed by atoms with E-state index in [2.05, 4.69) is 36.5 Å². The molecule has 0 saturated carbocycles. The Labute approximate surface area is 132 Å². The molecule has 0 heterocycles. The van der Waals surface area contributed by atoms with Crippen LogP contribution in [-0.4, -0.2) is 12.1 Å². The van der Waals surface area contributed by atoms with E-state index >= 15 is 0 Å². The second-order valence-electron chi connectivity index (χ2n) is 5.12. The highest BCUT2D eigenvalue weighted by atomic mass is 32.1. The van der Waals surface area contributed by atoms with Gasteiger partial charge in [-0.25, -0.2) is 0 Å². The first kappa shape index (κ1) is 15.5. The van der Waals surface area contributed by atoms with Gasteiger partial charge in [0.15, 0.2) is 0 Å². The summed E-state index contributed by atoms with van der Waals surface area (Å²) in [6, 6.07) is 16.5. The molecule has 0 aliphatic rings. The van der Waals surface area contributed by atoms with Gasteiger partial charge >= 0.3 is 0 Å². The molecule has 0 aliphatic heterocycles. The predicted octanol–water partition coefficient (Wildman–Crippen LogP) is 4.77. The molecule has 0 bridgehead atoms. The standard InChI is InChI=1S/C18H21NOS/c1-14-5-3-7-16(13-14)19-18(21)8-4-6-15-9-11-17(20-2)12-10-15/h3,5,7,9-13H,4,6,8H2,1-2H3,(H,19,21). The molecule has 2 nitrogen and oxygen atoms in total. The molecule has 0 unspecified atom stereocenters. The van der Waals surface area contributed by atoms with Crippen molar-refractivity contribution in [1.29, 1.82) is 0 Å². The summed E-state index contributed by atoms with van der Waals surface area (Å²) in [4.78, 5) is 0.897. The lowest BCUT2D eigenvalue weighted by Gasteiger charge is -2.09. The number of ether oxygens (including phenoxy) is 1. The van der Waals surface area contributed by atoms with Gasteiger partial charge in [0.25, 0.3) is 0 Å². The Morgan fingerprint density at radius 1 is 1.14 bits per heavy atom. The number of methoxy groups -OCH3 is 1. The van der Waals surface area contributed by atoms with E-state index in [-0.39, 0.29) is 0 Å². The molecular formula is C18H21NOS.